The minimum absolute atomic E-state index is 0.375. The van der Waals surface area contributed by atoms with Gasteiger partial charge in [0.25, 0.3) is 0 Å². The van der Waals surface area contributed by atoms with Crippen molar-refractivity contribution in [3.8, 4) is 17.2 Å². The number of nitriles is 1. The van der Waals surface area contributed by atoms with Crippen LogP contribution in [0.3, 0.4) is 0 Å². The molecule has 1 N–H and O–H groups in total. The molecule has 248 valence electrons. The molecule has 2 aromatic rings. The van der Waals surface area contributed by atoms with Gasteiger partial charge in [0.15, 0.2) is 0 Å². The van der Waals surface area contributed by atoms with Gasteiger partial charge in [-0.2, -0.15) is 5.26 Å². The molecule has 2 aromatic carbocycles. The molecule has 1 aliphatic rings. The molecule has 3 rings (SSSR count). The van der Waals surface area contributed by atoms with E-state index < -0.39 is 5.60 Å². The van der Waals surface area contributed by atoms with Crippen LogP contribution < -0.4 is 5.32 Å². The van der Waals surface area contributed by atoms with Crippen LogP contribution in [0, 0.1) is 11.3 Å². The molecule has 0 atom stereocenters. The molecule has 0 unspecified atom stereocenters. The number of amides is 1. The summed E-state index contributed by atoms with van der Waals surface area (Å²) in [6.45, 7) is 10.7. The average Bonchev–Trinajstić information content (AvgIpc) is 3.05. The number of anilines is 1. The SMILES string of the molecule is CCCCCCCCCN(CCC#N)CCCCCCCCN1CCC(C)(OC(=O)Nc2ccccc2-c2ccccc2)CC1. The minimum atomic E-state index is -0.433. The lowest BCUT2D eigenvalue weighted by Gasteiger charge is -2.38. The number of piperidine rings is 1. The number of benzene rings is 2. The van der Waals surface area contributed by atoms with Gasteiger partial charge in [0, 0.05) is 31.6 Å². The zero-order valence-electron chi connectivity index (χ0n) is 28.4. The van der Waals surface area contributed by atoms with Gasteiger partial charge in [0.1, 0.15) is 5.60 Å². The van der Waals surface area contributed by atoms with E-state index >= 15 is 0 Å². The number of nitrogens with one attached hydrogen (secondary N) is 1. The highest BCUT2D eigenvalue weighted by Crippen LogP contribution is 2.30. The molecule has 0 aromatic heterocycles. The Morgan fingerprint density at radius 3 is 2.04 bits per heavy atom. The van der Waals surface area contributed by atoms with Crippen molar-refractivity contribution in [3.05, 3.63) is 54.6 Å². The lowest BCUT2D eigenvalue weighted by atomic mass is 9.93. The smallest absolute Gasteiger partial charge is 0.412 e. The summed E-state index contributed by atoms with van der Waals surface area (Å²) in [7, 11) is 0. The molecule has 1 aliphatic heterocycles. The molecule has 6 nitrogen and oxygen atoms in total. The second kappa shape index (κ2) is 21.8. The highest BCUT2D eigenvalue weighted by molar-refractivity contribution is 5.91. The Bertz CT molecular complexity index is 1110. The maximum absolute atomic E-state index is 12.9. The minimum Gasteiger partial charge on any atom is -0.443 e. The highest BCUT2D eigenvalue weighted by Gasteiger charge is 2.33. The fraction of sp³-hybridized carbons (Fsp3) is 0.641. The van der Waals surface area contributed by atoms with E-state index in [2.05, 4.69) is 47.2 Å². The predicted octanol–water partition coefficient (Wildman–Crippen LogP) is 10.1. The number of para-hydroxylation sites is 1. The van der Waals surface area contributed by atoms with Crippen molar-refractivity contribution < 1.29 is 9.53 Å². The summed E-state index contributed by atoms with van der Waals surface area (Å²) in [5, 5.41) is 12.0. The number of carbonyl (C=O) groups excluding carboxylic acids is 1. The standard InChI is InChI=1S/C39H60N4O2/c1-3-4-5-6-7-10-18-29-42(32-21-28-40)30-19-11-8-9-12-20-31-43-33-26-39(2,27-34-43)45-38(44)41-37-25-17-16-24-36(37)35-22-14-13-15-23-35/h13-17,22-25H,3-12,18-21,26-27,29-34H2,1-2H3,(H,41,44). The van der Waals surface area contributed by atoms with Crippen LogP contribution in [0.25, 0.3) is 11.1 Å². The summed E-state index contributed by atoms with van der Waals surface area (Å²) in [5.41, 5.74) is 2.40. The molecule has 45 heavy (non-hydrogen) atoms. The predicted molar refractivity (Wildman–Crippen MR) is 188 cm³/mol. The van der Waals surface area contributed by atoms with Crippen molar-refractivity contribution in [1.82, 2.24) is 9.80 Å². The summed E-state index contributed by atoms with van der Waals surface area (Å²) in [4.78, 5) is 17.9. The van der Waals surface area contributed by atoms with Crippen molar-refractivity contribution in [3.63, 3.8) is 0 Å². The first kappa shape index (κ1) is 36.6. The van der Waals surface area contributed by atoms with E-state index in [1.54, 1.807) is 0 Å². The molecule has 0 aliphatic carbocycles. The Hall–Kier alpha value is -2.88. The van der Waals surface area contributed by atoms with E-state index in [1.165, 1.54) is 83.5 Å². The maximum atomic E-state index is 12.9. The van der Waals surface area contributed by atoms with Crippen LogP contribution in [0.1, 0.15) is 117 Å². The fourth-order valence-electron chi connectivity index (χ4n) is 6.39. The zero-order valence-corrected chi connectivity index (χ0v) is 28.4. The number of carbonyl (C=O) groups is 1. The maximum Gasteiger partial charge on any atom is 0.412 e. The highest BCUT2D eigenvalue weighted by atomic mass is 16.6. The normalized spacial score (nSPS) is 14.7. The fourth-order valence-corrected chi connectivity index (χ4v) is 6.39. The summed E-state index contributed by atoms with van der Waals surface area (Å²) < 4.78 is 5.99. The van der Waals surface area contributed by atoms with Gasteiger partial charge >= 0.3 is 6.09 Å². The second-order valence-corrected chi connectivity index (χ2v) is 13.2. The molecule has 1 saturated heterocycles. The van der Waals surface area contributed by atoms with Crippen molar-refractivity contribution in [2.45, 2.75) is 122 Å². The number of hydrogen-bond donors (Lipinski definition) is 1. The Labute approximate surface area is 274 Å². The summed E-state index contributed by atoms with van der Waals surface area (Å²) >= 11 is 0. The van der Waals surface area contributed by atoms with Gasteiger partial charge in [0.2, 0.25) is 0 Å². The Kier molecular flexibility index (Phi) is 17.7. The number of ether oxygens (including phenoxy) is 1. The molecule has 6 heteroatoms. The van der Waals surface area contributed by atoms with Gasteiger partial charge < -0.3 is 14.5 Å². The molecule has 0 bridgehead atoms. The third-order valence-corrected chi connectivity index (χ3v) is 9.32. The molecule has 1 amide bonds. The topological polar surface area (TPSA) is 68.6 Å². The third-order valence-electron chi connectivity index (χ3n) is 9.32. The number of hydrogen-bond acceptors (Lipinski definition) is 5. The van der Waals surface area contributed by atoms with Crippen LogP contribution >= 0.6 is 0 Å². The Morgan fingerprint density at radius 1 is 0.822 bits per heavy atom. The lowest BCUT2D eigenvalue weighted by molar-refractivity contribution is -0.0163. The van der Waals surface area contributed by atoms with E-state index in [1.807, 2.05) is 42.5 Å². The van der Waals surface area contributed by atoms with Gasteiger partial charge in [-0.3, -0.25) is 5.32 Å². The van der Waals surface area contributed by atoms with E-state index in [9.17, 15) is 4.79 Å². The van der Waals surface area contributed by atoms with Crippen LogP contribution in [0.2, 0.25) is 0 Å². The van der Waals surface area contributed by atoms with Crippen LogP contribution in [-0.2, 0) is 4.74 Å². The van der Waals surface area contributed by atoms with Gasteiger partial charge in [-0.15, -0.1) is 0 Å². The van der Waals surface area contributed by atoms with Gasteiger partial charge in [-0.25, -0.2) is 4.79 Å². The molecular formula is C39H60N4O2. The van der Waals surface area contributed by atoms with E-state index in [-0.39, 0.29) is 6.09 Å². The van der Waals surface area contributed by atoms with Gasteiger partial charge in [-0.1, -0.05) is 120 Å². The zero-order chi connectivity index (χ0) is 32.0. The number of likely N-dealkylation sites (tertiary alicyclic amines) is 1. The number of rotatable bonds is 22. The van der Waals surface area contributed by atoms with Crippen LogP contribution in [-0.4, -0.2) is 60.8 Å². The number of unbranched alkanes of at least 4 members (excludes halogenated alkanes) is 11. The van der Waals surface area contributed by atoms with Crippen LogP contribution in [0.5, 0.6) is 0 Å². The first-order valence-electron chi connectivity index (χ1n) is 18.0. The molecular weight excluding hydrogens is 556 g/mol. The summed E-state index contributed by atoms with van der Waals surface area (Å²) in [5.74, 6) is 0. The van der Waals surface area contributed by atoms with E-state index in [4.69, 9.17) is 10.00 Å². The van der Waals surface area contributed by atoms with Crippen molar-refractivity contribution in [2.24, 2.45) is 0 Å². The molecule has 1 heterocycles. The monoisotopic (exact) mass is 616 g/mol. The van der Waals surface area contributed by atoms with E-state index in [0.717, 1.165) is 68.9 Å². The molecule has 0 radical (unpaired) electrons. The van der Waals surface area contributed by atoms with Gasteiger partial charge in [0.05, 0.1) is 11.8 Å². The van der Waals surface area contributed by atoms with Crippen molar-refractivity contribution in [1.29, 1.82) is 5.26 Å². The molecule has 0 spiro atoms. The summed E-state index contributed by atoms with van der Waals surface area (Å²) in [6, 6.07) is 20.3. The van der Waals surface area contributed by atoms with Crippen molar-refractivity contribution in [2.75, 3.05) is 44.6 Å². The average molecular weight is 617 g/mol. The summed E-state index contributed by atoms with van der Waals surface area (Å²) in [6.07, 6.45) is 19.1. The third kappa shape index (κ3) is 14.8. The van der Waals surface area contributed by atoms with Crippen LogP contribution in [0.4, 0.5) is 10.5 Å². The first-order valence-corrected chi connectivity index (χ1v) is 18.0. The van der Waals surface area contributed by atoms with E-state index in [0.29, 0.717) is 6.42 Å². The second-order valence-electron chi connectivity index (χ2n) is 13.2. The van der Waals surface area contributed by atoms with Crippen LogP contribution in [0.15, 0.2) is 54.6 Å². The quantitative estimate of drug-likeness (QED) is 0.133. The first-order chi connectivity index (χ1) is 22.0. The molecule has 0 saturated carbocycles. The number of nitrogens with zero attached hydrogens (tertiary/aromatic N) is 3. The Morgan fingerprint density at radius 2 is 1.40 bits per heavy atom. The van der Waals surface area contributed by atoms with Gasteiger partial charge in [-0.05, 0) is 70.3 Å². The Balaban J connectivity index is 1.23. The lowest BCUT2D eigenvalue weighted by Crippen LogP contribution is -2.46. The van der Waals surface area contributed by atoms with Crippen molar-refractivity contribution >= 4 is 11.8 Å². The molecule has 1 fully saturated rings. The largest absolute Gasteiger partial charge is 0.443 e.